The first-order valence-corrected chi connectivity index (χ1v) is 9.44. The second kappa shape index (κ2) is 8.83. The second-order valence-electron chi connectivity index (χ2n) is 6.67. The monoisotopic (exact) mass is 441 g/mol. The van der Waals surface area contributed by atoms with Crippen LogP contribution in [0.15, 0.2) is 36.4 Å². The van der Waals surface area contributed by atoms with Crippen LogP contribution in [0.5, 0.6) is 5.75 Å². The van der Waals surface area contributed by atoms with E-state index in [4.69, 9.17) is 16.3 Å². The number of nitrogens with one attached hydrogen (secondary N) is 2. The smallest absolute Gasteiger partial charge is 0.417 e. The number of carbonyl (C=O) groups is 2. The fourth-order valence-corrected chi connectivity index (χ4v) is 3.23. The van der Waals surface area contributed by atoms with Crippen molar-refractivity contribution < 1.29 is 27.5 Å². The molecule has 6 nitrogen and oxygen atoms in total. The summed E-state index contributed by atoms with van der Waals surface area (Å²) in [5, 5.41) is 5.32. The molecule has 1 aliphatic rings. The van der Waals surface area contributed by atoms with Crippen LogP contribution in [0.4, 0.5) is 24.5 Å². The molecule has 2 aromatic rings. The minimum atomic E-state index is -4.54. The lowest BCUT2D eigenvalue weighted by Gasteiger charge is -2.30. The molecule has 1 aliphatic heterocycles. The first-order chi connectivity index (χ1) is 14.1. The SMILES string of the molecule is CC(=O)NCCN1C(=O)COc2ccc(NCc3ccc(Cl)c(C(F)(F)F)c3)cc21. The Bertz CT molecular complexity index is 966. The van der Waals surface area contributed by atoms with Gasteiger partial charge in [0.1, 0.15) is 5.75 Å². The number of hydrogen-bond donors (Lipinski definition) is 2. The highest BCUT2D eigenvalue weighted by atomic mass is 35.5. The largest absolute Gasteiger partial charge is 0.482 e. The van der Waals surface area contributed by atoms with Crippen molar-refractivity contribution in [2.45, 2.75) is 19.6 Å². The molecular weight excluding hydrogens is 423 g/mol. The number of amides is 2. The third kappa shape index (κ3) is 5.15. The Labute approximate surface area is 175 Å². The molecule has 2 N–H and O–H groups in total. The summed E-state index contributed by atoms with van der Waals surface area (Å²) in [7, 11) is 0. The van der Waals surface area contributed by atoms with Gasteiger partial charge >= 0.3 is 6.18 Å². The standard InChI is InChI=1S/C20H19ClF3N3O3/c1-12(28)25-6-7-27-17-9-14(3-5-18(17)30-11-19(27)29)26-10-13-2-4-16(21)15(8-13)20(22,23)24/h2-5,8-9,26H,6-7,10-11H2,1H3,(H,25,28). The first kappa shape index (κ1) is 21.8. The van der Waals surface area contributed by atoms with Crippen molar-refractivity contribution in [2.24, 2.45) is 0 Å². The number of ether oxygens (including phenoxy) is 1. The van der Waals surface area contributed by atoms with Crippen molar-refractivity contribution in [3.8, 4) is 5.75 Å². The number of rotatable bonds is 6. The molecule has 0 unspecified atom stereocenters. The van der Waals surface area contributed by atoms with E-state index in [1.807, 2.05) is 0 Å². The molecule has 1 heterocycles. The summed E-state index contributed by atoms with van der Waals surface area (Å²) >= 11 is 5.65. The second-order valence-corrected chi connectivity index (χ2v) is 7.07. The van der Waals surface area contributed by atoms with E-state index in [-0.39, 0.29) is 43.1 Å². The van der Waals surface area contributed by atoms with Gasteiger partial charge in [0.15, 0.2) is 6.61 Å². The number of halogens is 4. The molecule has 0 saturated carbocycles. The summed E-state index contributed by atoms with van der Waals surface area (Å²) in [5.41, 5.74) is 0.630. The highest BCUT2D eigenvalue weighted by molar-refractivity contribution is 6.31. The maximum Gasteiger partial charge on any atom is 0.417 e. The van der Waals surface area contributed by atoms with E-state index in [0.717, 1.165) is 6.07 Å². The maximum atomic E-state index is 13.0. The van der Waals surface area contributed by atoms with Gasteiger partial charge in [0.25, 0.3) is 5.91 Å². The molecule has 30 heavy (non-hydrogen) atoms. The summed E-state index contributed by atoms with van der Waals surface area (Å²) < 4.78 is 44.5. The van der Waals surface area contributed by atoms with Gasteiger partial charge in [0, 0.05) is 32.2 Å². The Morgan fingerprint density at radius 3 is 2.70 bits per heavy atom. The highest BCUT2D eigenvalue weighted by Crippen LogP contribution is 2.36. The van der Waals surface area contributed by atoms with Gasteiger partial charge in [-0.15, -0.1) is 0 Å². The van der Waals surface area contributed by atoms with Gasteiger partial charge < -0.3 is 20.3 Å². The topological polar surface area (TPSA) is 70.7 Å². The Kier molecular flexibility index (Phi) is 6.40. The van der Waals surface area contributed by atoms with Crippen molar-refractivity contribution in [1.29, 1.82) is 0 Å². The van der Waals surface area contributed by atoms with Crippen LogP contribution in [-0.4, -0.2) is 31.5 Å². The molecule has 0 bridgehead atoms. The lowest BCUT2D eigenvalue weighted by molar-refractivity contribution is -0.137. The Morgan fingerprint density at radius 2 is 2.00 bits per heavy atom. The fraction of sp³-hybridized carbons (Fsp3) is 0.300. The molecule has 0 radical (unpaired) electrons. The molecule has 2 aromatic carbocycles. The van der Waals surface area contributed by atoms with Crippen LogP contribution in [0, 0.1) is 0 Å². The van der Waals surface area contributed by atoms with Gasteiger partial charge in [-0.3, -0.25) is 9.59 Å². The van der Waals surface area contributed by atoms with E-state index < -0.39 is 11.7 Å². The van der Waals surface area contributed by atoms with Crippen LogP contribution in [0.25, 0.3) is 0 Å². The van der Waals surface area contributed by atoms with Gasteiger partial charge in [-0.05, 0) is 35.9 Å². The predicted octanol–water partition coefficient (Wildman–Crippen LogP) is 3.83. The highest BCUT2D eigenvalue weighted by Gasteiger charge is 2.33. The lowest BCUT2D eigenvalue weighted by Crippen LogP contribution is -2.43. The van der Waals surface area contributed by atoms with Crippen LogP contribution >= 0.6 is 11.6 Å². The molecule has 0 saturated heterocycles. The minimum Gasteiger partial charge on any atom is -0.482 e. The van der Waals surface area contributed by atoms with E-state index in [2.05, 4.69) is 10.6 Å². The summed E-state index contributed by atoms with van der Waals surface area (Å²) in [6.07, 6.45) is -4.54. The molecule has 0 spiro atoms. The van der Waals surface area contributed by atoms with Crippen molar-refractivity contribution >= 4 is 34.8 Å². The van der Waals surface area contributed by atoms with Gasteiger partial charge in [-0.2, -0.15) is 13.2 Å². The number of nitrogens with zero attached hydrogens (tertiary/aromatic N) is 1. The van der Waals surface area contributed by atoms with E-state index in [1.165, 1.54) is 24.0 Å². The van der Waals surface area contributed by atoms with E-state index in [1.54, 1.807) is 18.2 Å². The average molecular weight is 442 g/mol. The molecule has 10 heteroatoms. The Morgan fingerprint density at radius 1 is 1.23 bits per heavy atom. The zero-order valence-corrected chi connectivity index (χ0v) is 16.7. The van der Waals surface area contributed by atoms with Crippen LogP contribution in [0.1, 0.15) is 18.1 Å². The third-order valence-corrected chi connectivity index (χ3v) is 4.77. The zero-order chi connectivity index (χ0) is 21.9. The minimum absolute atomic E-state index is 0.106. The molecule has 0 atom stereocenters. The van der Waals surface area contributed by atoms with Gasteiger partial charge in [0.2, 0.25) is 5.91 Å². The average Bonchev–Trinajstić information content (AvgIpc) is 2.68. The number of hydrogen-bond acceptors (Lipinski definition) is 4. The summed E-state index contributed by atoms with van der Waals surface area (Å²) in [6, 6.07) is 8.79. The molecule has 0 fully saturated rings. The van der Waals surface area contributed by atoms with Gasteiger partial charge in [-0.1, -0.05) is 17.7 Å². The van der Waals surface area contributed by atoms with Crippen molar-refractivity contribution in [3.05, 3.63) is 52.5 Å². The molecule has 2 amide bonds. The molecule has 0 aromatic heterocycles. The van der Waals surface area contributed by atoms with Gasteiger partial charge in [-0.25, -0.2) is 0 Å². The quantitative estimate of drug-likeness (QED) is 0.714. The predicted molar refractivity (Wildman–Crippen MR) is 107 cm³/mol. The van der Waals surface area contributed by atoms with E-state index in [9.17, 15) is 22.8 Å². The maximum absolute atomic E-state index is 13.0. The Balaban J connectivity index is 1.75. The normalized spacial score (nSPS) is 13.5. The van der Waals surface area contributed by atoms with Crippen LogP contribution in [0.3, 0.4) is 0 Å². The fourth-order valence-electron chi connectivity index (χ4n) is 3.00. The molecule has 3 rings (SSSR count). The van der Waals surface area contributed by atoms with E-state index >= 15 is 0 Å². The molecular formula is C20H19ClF3N3O3. The summed E-state index contributed by atoms with van der Waals surface area (Å²) in [5.74, 6) is 0.0545. The number of anilines is 2. The van der Waals surface area contributed by atoms with Crippen LogP contribution in [0.2, 0.25) is 5.02 Å². The number of benzene rings is 2. The molecule has 0 aliphatic carbocycles. The number of alkyl halides is 3. The van der Waals surface area contributed by atoms with Crippen LogP contribution < -0.4 is 20.3 Å². The number of fused-ring (bicyclic) bond motifs is 1. The zero-order valence-electron chi connectivity index (χ0n) is 16.0. The summed E-state index contributed by atoms with van der Waals surface area (Å²) in [6.45, 7) is 1.95. The van der Waals surface area contributed by atoms with Crippen molar-refractivity contribution in [2.75, 3.05) is 29.9 Å². The number of carbonyl (C=O) groups excluding carboxylic acids is 2. The lowest BCUT2D eigenvalue weighted by atomic mass is 10.1. The van der Waals surface area contributed by atoms with Crippen molar-refractivity contribution in [1.82, 2.24) is 5.32 Å². The third-order valence-electron chi connectivity index (χ3n) is 4.44. The van der Waals surface area contributed by atoms with Crippen LogP contribution in [-0.2, 0) is 22.3 Å². The van der Waals surface area contributed by atoms with Crippen molar-refractivity contribution in [3.63, 3.8) is 0 Å². The first-order valence-electron chi connectivity index (χ1n) is 9.06. The van der Waals surface area contributed by atoms with E-state index in [0.29, 0.717) is 22.7 Å². The summed E-state index contributed by atoms with van der Waals surface area (Å²) in [4.78, 5) is 24.8. The Hall–Kier alpha value is -2.94. The molecule has 160 valence electrons. The van der Waals surface area contributed by atoms with Gasteiger partial charge in [0.05, 0.1) is 16.3 Å².